The van der Waals surface area contributed by atoms with Gasteiger partial charge in [-0.25, -0.2) is 18.2 Å². The second-order valence-corrected chi connectivity index (χ2v) is 19.5. The number of nitrogens with zero attached hydrogens (tertiary/aromatic N) is 2. The van der Waals surface area contributed by atoms with Gasteiger partial charge in [-0.3, -0.25) is 19.1 Å². The predicted octanol–water partition coefficient (Wildman–Crippen LogP) is 5.64. The van der Waals surface area contributed by atoms with E-state index in [9.17, 15) is 49.5 Å². The van der Waals surface area contributed by atoms with E-state index in [-0.39, 0.29) is 44.4 Å². The van der Waals surface area contributed by atoms with Crippen LogP contribution in [0.15, 0.2) is 30.4 Å². The highest BCUT2D eigenvalue weighted by atomic mass is 32.2. The van der Waals surface area contributed by atoms with E-state index in [4.69, 9.17) is 9.47 Å². The second kappa shape index (κ2) is 15.3. The topological polar surface area (TPSA) is 182 Å². The van der Waals surface area contributed by atoms with Gasteiger partial charge in [-0.15, -0.1) is 0 Å². The Labute approximate surface area is 343 Å². The van der Waals surface area contributed by atoms with Crippen molar-refractivity contribution in [3.63, 3.8) is 0 Å². The van der Waals surface area contributed by atoms with Gasteiger partial charge >= 0.3 is 18.9 Å². The SMILES string of the molecule is Cc1nc2ccc(OC(F)F)cc2c2c1O[C@]1(CC2)C[C@H]2C(=O)N[C@]3(C(=O)NS(=O)(=O)C4(C)CC4)C[C@H]3/C=C\CCCCC[C@H](NC(=O)OC(C)(C)C(F)(F)F)C(=O)N2C1. The van der Waals surface area contributed by atoms with E-state index in [1.54, 1.807) is 13.0 Å². The molecule has 0 bridgehead atoms. The number of sulfonamides is 1. The summed E-state index contributed by atoms with van der Waals surface area (Å²) in [7, 11) is -4.11. The number of alkyl halides is 5. The van der Waals surface area contributed by atoms with Gasteiger partial charge in [-0.2, -0.15) is 22.0 Å². The number of nitrogens with one attached hydrogen (secondary N) is 3. The van der Waals surface area contributed by atoms with Crippen molar-refractivity contribution < 1.29 is 63.8 Å². The molecule has 1 aromatic carbocycles. The maximum absolute atomic E-state index is 14.7. The molecule has 60 heavy (non-hydrogen) atoms. The average Bonchev–Trinajstić information content (AvgIpc) is 4.04. The molecule has 4 heterocycles. The summed E-state index contributed by atoms with van der Waals surface area (Å²) in [5.74, 6) is -2.92. The lowest BCUT2D eigenvalue weighted by Gasteiger charge is -2.37. The molecule has 3 N–H and O–H groups in total. The summed E-state index contributed by atoms with van der Waals surface area (Å²) < 4.78 is 111. The molecule has 0 radical (unpaired) electrons. The lowest BCUT2D eigenvalue weighted by atomic mass is 9.87. The zero-order chi connectivity index (χ0) is 43.6. The van der Waals surface area contributed by atoms with Gasteiger partial charge in [0, 0.05) is 23.3 Å². The van der Waals surface area contributed by atoms with Gasteiger partial charge in [0.2, 0.25) is 27.4 Å². The maximum atomic E-state index is 14.7. The molecule has 3 fully saturated rings. The molecule has 3 aliphatic heterocycles. The summed E-state index contributed by atoms with van der Waals surface area (Å²) in [4.78, 5) is 62.1. The van der Waals surface area contributed by atoms with Gasteiger partial charge in [0.1, 0.15) is 34.7 Å². The van der Waals surface area contributed by atoms with Crippen LogP contribution in [0.1, 0.15) is 96.2 Å². The predicted molar refractivity (Wildman–Crippen MR) is 204 cm³/mol. The van der Waals surface area contributed by atoms with Gasteiger partial charge in [-0.05, 0) is 97.3 Å². The number of aromatic nitrogens is 1. The van der Waals surface area contributed by atoms with Gasteiger partial charge < -0.3 is 29.7 Å². The van der Waals surface area contributed by atoms with E-state index in [2.05, 4.69) is 25.1 Å². The molecule has 1 saturated heterocycles. The van der Waals surface area contributed by atoms with Gasteiger partial charge in [-0.1, -0.05) is 25.0 Å². The molecule has 2 aromatic rings. The first-order chi connectivity index (χ1) is 28.0. The number of fused-ring (bicyclic) bond motifs is 5. The normalized spacial score (nSPS) is 28.6. The Morgan fingerprint density at radius 2 is 1.82 bits per heavy atom. The summed E-state index contributed by atoms with van der Waals surface area (Å²) in [5.41, 5.74) is -4.31. The van der Waals surface area contributed by atoms with E-state index in [1.165, 1.54) is 30.0 Å². The molecule has 2 saturated carbocycles. The molecule has 20 heteroatoms. The highest BCUT2D eigenvalue weighted by molar-refractivity contribution is 7.91. The molecule has 5 atom stereocenters. The lowest BCUT2D eigenvalue weighted by Crippen LogP contribution is -2.59. The number of allylic oxidation sites excluding steroid dienone is 1. The molecular weight excluding hydrogens is 822 g/mol. The van der Waals surface area contributed by atoms with Crippen molar-refractivity contribution in [2.75, 3.05) is 6.54 Å². The highest BCUT2D eigenvalue weighted by Crippen LogP contribution is 2.49. The minimum absolute atomic E-state index is 0.0186. The molecule has 5 aliphatic rings. The average molecular weight is 870 g/mol. The van der Waals surface area contributed by atoms with Crippen LogP contribution in [0.25, 0.3) is 10.9 Å². The Morgan fingerprint density at radius 1 is 1.08 bits per heavy atom. The van der Waals surface area contributed by atoms with E-state index >= 15 is 0 Å². The molecular formula is C40H48F5N5O9S. The van der Waals surface area contributed by atoms with Crippen LogP contribution in [-0.4, -0.2) is 95.0 Å². The van der Waals surface area contributed by atoms with E-state index in [1.807, 2.05) is 6.08 Å². The fraction of sp³-hybridized carbons (Fsp3) is 0.625. The number of hydrogen-bond acceptors (Lipinski definition) is 10. The van der Waals surface area contributed by atoms with Gasteiger partial charge in [0.15, 0.2) is 0 Å². The largest absolute Gasteiger partial charge is 0.483 e. The quantitative estimate of drug-likeness (QED) is 0.233. The van der Waals surface area contributed by atoms with Crippen molar-refractivity contribution in [3.05, 3.63) is 41.6 Å². The minimum atomic E-state index is -4.93. The van der Waals surface area contributed by atoms with Gasteiger partial charge in [0.25, 0.3) is 5.91 Å². The van der Waals surface area contributed by atoms with Crippen LogP contribution in [0.4, 0.5) is 26.7 Å². The summed E-state index contributed by atoms with van der Waals surface area (Å²) >= 11 is 0. The zero-order valence-electron chi connectivity index (χ0n) is 33.5. The Kier molecular flexibility index (Phi) is 11.1. The third-order valence-electron chi connectivity index (χ3n) is 12.5. The molecule has 7 rings (SSSR count). The van der Waals surface area contributed by atoms with Gasteiger partial charge in [0.05, 0.1) is 22.5 Å². The number of rotatable bonds is 7. The molecule has 4 amide bonds. The van der Waals surface area contributed by atoms with E-state index in [0.29, 0.717) is 80.3 Å². The molecule has 0 unspecified atom stereocenters. The Balaban J connectivity index is 1.24. The molecule has 1 aromatic heterocycles. The number of ether oxygens (including phenoxy) is 3. The van der Waals surface area contributed by atoms with Crippen molar-refractivity contribution in [2.45, 2.75) is 145 Å². The Morgan fingerprint density at radius 3 is 2.50 bits per heavy atom. The summed E-state index contributed by atoms with van der Waals surface area (Å²) in [6, 6.07) is 1.51. The van der Waals surface area contributed by atoms with Crippen molar-refractivity contribution >= 4 is 44.7 Å². The maximum Gasteiger partial charge on any atom is 0.427 e. The fourth-order valence-electron chi connectivity index (χ4n) is 8.31. The second-order valence-electron chi connectivity index (χ2n) is 17.3. The van der Waals surface area contributed by atoms with Crippen LogP contribution in [0, 0.1) is 12.8 Å². The fourth-order valence-corrected chi connectivity index (χ4v) is 9.62. The number of alkyl carbamates (subject to hydrolysis) is 1. The van der Waals surface area contributed by atoms with Crippen molar-refractivity contribution in [3.8, 4) is 11.5 Å². The first-order valence-corrected chi connectivity index (χ1v) is 21.5. The number of carbonyl (C=O) groups excluding carboxylic acids is 4. The first-order valence-electron chi connectivity index (χ1n) is 20.0. The third kappa shape index (κ3) is 8.31. The number of halogens is 5. The number of hydrogen-bond donors (Lipinski definition) is 3. The van der Waals surface area contributed by atoms with Crippen molar-refractivity contribution in [1.29, 1.82) is 0 Å². The van der Waals surface area contributed by atoms with Crippen LogP contribution in [0.5, 0.6) is 11.5 Å². The number of aryl methyl sites for hydroxylation is 2. The number of carbonyl (C=O) groups is 4. The molecule has 328 valence electrons. The number of amides is 4. The van der Waals surface area contributed by atoms with Crippen LogP contribution in [-0.2, 0) is 35.6 Å². The minimum Gasteiger partial charge on any atom is -0.483 e. The van der Waals surface area contributed by atoms with E-state index in [0.717, 1.165) is 0 Å². The molecule has 2 aliphatic carbocycles. The Bertz CT molecular complexity index is 2230. The lowest BCUT2D eigenvalue weighted by molar-refractivity contribution is -0.244. The smallest absolute Gasteiger partial charge is 0.427 e. The van der Waals surface area contributed by atoms with Crippen molar-refractivity contribution in [2.24, 2.45) is 5.92 Å². The highest BCUT2D eigenvalue weighted by Gasteiger charge is 2.64. The van der Waals surface area contributed by atoms with E-state index < -0.39 is 86.1 Å². The zero-order valence-corrected chi connectivity index (χ0v) is 34.4. The summed E-state index contributed by atoms with van der Waals surface area (Å²) in [5, 5.41) is 5.59. The van der Waals surface area contributed by atoms with Crippen molar-refractivity contribution in [1.82, 2.24) is 25.2 Å². The number of pyridine rings is 1. The third-order valence-corrected chi connectivity index (χ3v) is 14.7. The summed E-state index contributed by atoms with van der Waals surface area (Å²) in [6.07, 6.45) is 0.274. The van der Waals surface area contributed by atoms with Crippen LogP contribution < -0.4 is 24.8 Å². The molecule has 1 spiro atoms. The number of benzene rings is 1. The van der Waals surface area contributed by atoms with Crippen LogP contribution >= 0.6 is 0 Å². The van der Waals surface area contributed by atoms with Crippen LogP contribution in [0.2, 0.25) is 0 Å². The Hall–Kier alpha value is -4.75. The summed E-state index contributed by atoms with van der Waals surface area (Å²) in [6.45, 7) is 1.22. The monoisotopic (exact) mass is 869 g/mol. The first kappa shape index (κ1) is 43.3. The molecule has 14 nitrogen and oxygen atoms in total. The van der Waals surface area contributed by atoms with Crippen LogP contribution in [0.3, 0.4) is 0 Å². The standard InChI is InChI=1S/C40H48F5N5O9S/c1-22-30-25(26-18-24(57-34(41)42)12-13-27(26)46-22)14-15-38(58-30)20-29-31(51)48-39(33(53)49-60(55,56)37(4)16-17-37)19-23(39)10-8-6-5-7-9-11-28(32(52)50(29)21-38)47-35(54)59-36(2,3)40(43,44)45/h8,10,12-13,18,23,28-29,34H,5-7,9,11,14-17,19-21H2,1-4H3,(H,47,54)(H,48,51)(H,49,53)/b10-8-/t23-,28+,29+,38-,39-/m1/s1.